The number of hydrogen-bond donors (Lipinski definition) is 2. The lowest BCUT2D eigenvalue weighted by molar-refractivity contribution is 0.0951. The molecule has 4 nitrogen and oxygen atoms in total. The standard InChI is InChI=1S/C20H17FIN3O/c1-13-11-15(22)5-6-18(13)25-19-16(3-2-4-17(19)21)20(26)24-12-14-7-9-23-10-8-14/h2-11,25H,12H2,1H3,(H,24,26). The summed E-state index contributed by atoms with van der Waals surface area (Å²) in [7, 11) is 0. The van der Waals surface area contributed by atoms with Gasteiger partial charge in [0.25, 0.3) is 5.91 Å². The van der Waals surface area contributed by atoms with Crippen molar-refractivity contribution in [1.29, 1.82) is 0 Å². The molecule has 0 saturated heterocycles. The third kappa shape index (κ3) is 4.37. The number of halogens is 2. The molecule has 0 unspecified atom stereocenters. The van der Waals surface area contributed by atoms with Crippen LogP contribution in [0.25, 0.3) is 0 Å². The Hall–Kier alpha value is -2.48. The van der Waals surface area contributed by atoms with Gasteiger partial charge in [-0.15, -0.1) is 0 Å². The maximum Gasteiger partial charge on any atom is 0.253 e. The van der Waals surface area contributed by atoms with Crippen molar-refractivity contribution in [3.8, 4) is 0 Å². The van der Waals surface area contributed by atoms with Crippen LogP contribution in [-0.2, 0) is 6.54 Å². The zero-order valence-electron chi connectivity index (χ0n) is 14.1. The number of nitrogens with zero attached hydrogens (tertiary/aromatic N) is 1. The second kappa shape index (κ2) is 8.27. The van der Waals surface area contributed by atoms with Crippen LogP contribution < -0.4 is 10.6 Å². The number of nitrogens with one attached hydrogen (secondary N) is 2. The zero-order valence-corrected chi connectivity index (χ0v) is 16.2. The lowest BCUT2D eigenvalue weighted by Crippen LogP contribution is -2.24. The van der Waals surface area contributed by atoms with E-state index in [1.165, 1.54) is 12.1 Å². The predicted octanol–water partition coefficient (Wildman–Crippen LogP) is 4.81. The molecule has 0 atom stereocenters. The number of carbonyl (C=O) groups excluding carboxylic acids is 1. The van der Waals surface area contributed by atoms with Gasteiger partial charge < -0.3 is 10.6 Å². The molecule has 6 heteroatoms. The Balaban J connectivity index is 1.83. The number of aryl methyl sites for hydroxylation is 1. The van der Waals surface area contributed by atoms with E-state index < -0.39 is 5.82 Å². The highest BCUT2D eigenvalue weighted by atomic mass is 127. The Morgan fingerprint density at radius 2 is 1.92 bits per heavy atom. The Kier molecular flexibility index (Phi) is 5.82. The lowest BCUT2D eigenvalue weighted by atomic mass is 10.1. The van der Waals surface area contributed by atoms with Gasteiger partial charge in [-0.3, -0.25) is 9.78 Å². The first-order valence-electron chi connectivity index (χ1n) is 8.03. The van der Waals surface area contributed by atoms with Crippen LogP contribution in [0.15, 0.2) is 60.9 Å². The molecular formula is C20H17FIN3O. The number of aromatic nitrogens is 1. The number of hydrogen-bond acceptors (Lipinski definition) is 3. The van der Waals surface area contributed by atoms with E-state index in [9.17, 15) is 9.18 Å². The van der Waals surface area contributed by atoms with Gasteiger partial charge in [-0.2, -0.15) is 0 Å². The van der Waals surface area contributed by atoms with Crippen LogP contribution in [0.1, 0.15) is 21.5 Å². The molecule has 26 heavy (non-hydrogen) atoms. The second-order valence-corrected chi connectivity index (χ2v) is 7.03. The van der Waals surface area contributed by atoms with Crippen molar-refractivity contribution in [3.63, 3.8) is 0 Å². The summed E-state index contributed by atoms with van der Waals surface area (Å²) in [5, 5.41) is 5.88. The van der Waals surface area contributed by atoms with E-state index in [-0.39, 0.29) is 17.2 Å². The van der Waals surface area contributed by atoms with Crippen molar-refractivity contribution in [2.75, 3.05) is 5.32 Å². The summed E-state index contributed by atoms with van der Waals surface area (Å²) in [5.74, 6) is -0.813. The number of anilines is 2. The molecule has 0 aliphatic carbocycles. The summed E-state index contributed by atoms with van der Waals surface area (Å²) in [5.41, 5.74) is 3.09. The zero-order chi connectivity index (χ0) is 18.5. The van der Waals surface area contributed by atoms with Gasteiger partial charge in [0, 0.05) is 28.2 Å². The minimum atomic E-state index is -0.473. The molecule has 0 bridgehead atoms. The fourth-order valence-electron chi connectivity index (χ4n) is 2.52. The molecule has 0 spiro atoms. The van der Waals surface area contributed by atoms with Crippen molar-refractivity contribution in [2.45, 2.75) is 13.5 Å². The monoisotopic (exact) mass is 461 g/mol. The molecule has 1 aromatic heterocycles. The van der Waals surface area contributed by atoms with Gasteiger partial charge in [-0.05, 0) is 83.1 Å². The Morgan fingerprint density at radius 3 is 2.65 bits per heavy atom. The molecule has 0 aliphatic rings. The number of pyridine rings is 1. The molecule has 3 rings (SSSR count). The highest BCUT2D eigenvalue weighted by molar-refractivity contribution is 14.1. The molecule has 132 valence electrons. The van der Waals surface area contributed by atoms with Crippen LogP contribution >= 0.6 is 22.6 Å². The van der Waals surface area contributed by atoms with E-state index in [2.05, 4.69) is 38.2 Å². The SMILES string of the molecule is Cc1cc(I)ccc1Nc1c(F)cccc1C(=O)NCc1ccncc1. The minimum Gasteiger partial charge on any atom is -0.352 e. The number of carbonyl (C=O) groups is 1. The van der Waals surface area contributed by atoms with Crippen molar-refractivity contribution >= 4 is 39.9 Å². The molecule has 2 N–H and O–H groups in total. The topological polar surface area (TPSA) is 54.0 Å². The van der Waals surface area contributed by atoms with Crippen molar-refractivity contribution in [3.05, 3.63) is 87.0 Å². The van der Waals surface area contributed by atoms with Gasteiger partial charge >= 0.3 is 0 Å². The van der Waals surface area contributed by atoms with E-state index in [0.29, 0.717) is 6.54 Å². The highest BCUT2D eigenvalue weighted by Gasteiger charge is 2.16. The van der Waals surface area contributed by atoms with E-state index in [1.54, 1.807) is 18.5 Å². The Labute approximate surface area is 165 Å². The summed E-state index contributed by atoms with van der Waals surface area (Å²) in [6.45, 7) is 2.29. The van der Waals surface area contributed by atoms with Gasteiger partial charge in [0.15, 0.2) is 0 Å². The molecule has 3 aromatic rings. The fourth-order valence-corrected chi connectivity index (χ4v) is 3.17. The lowest BCUT2D eigenvalue weighted by Gasteiger charge is -2.15. The number of benzene rings is 2. The van der Waals surface area contributed by atoms with E-state index in [4.69, 9.17) is 0 Å². The summed E-state index contributed by atoms with van der Waals surface area (Å²) in [6, 6.07) is 13.9. The van der Waals surface area contributed by atoms with Gasteiger partial charge in [0.1, 0.15) is 5.82 Å². The maximum atomic E-state index is 14.4. The fraction of sp³-hybridized carbons (Fsp3) is 0.100. The van der Waals surface area contributed by atoms with Crippen molar-refractivity contribution in [2.24, 2.45) is 0 Å². The summed E-state index contributed by atoms with van der Waals surface area (Å²) in [6.07, 6.45) is 3.33. The molecule has 1 heterocycles. The van der Waals surface area contributed by atoms with E-state index in [0.717, 1.165) is 20.4 Å². The van der Waals surface area contributed by atoms with Gasteiger partial charge in [0.2, 0.25) is 0 Å². The van der Waals surface area contributed by atoms with Crippen molar-refractivity contribution in [1.82, 2.24) is 10.3 Å². The third-order valence-corrected chi connectivity index (χ3v) is 4.58. The van der Waals surface area contributed by atoms with E-state index >= 15 is 0 Å². The van der Waals surface area contributed by atoms with Crippen molar-refractivity contribution < 1.29 is 9.18 Å². The first-order chi connectivity index (χ1) is 12.5. The van der Waals surface area contributed by atoms with Crippen LogP contribution in [0.3, 0.4) is 0 Å². The molecule has 0 saturated carbocycles. The summed E-state index contributed by atoms with van der Waals surface area (Å²) < 4.78 is 15.5. The molecular weight excluding hydrogens is 444 g/mol. The van der Waals surface area contributed by atoms with Crippen LogP contribution in [0.2, 0.25) is 0 Å². The highest BCUT2D eigenvalue weighted by Crippen LogP contribution is 2.27. The number of amides is 1. The van der Waals surface area contributed by atoms with Gasteiger partial charge in [-0.25, -0.2) is 4.39 Å². The Morgan fingerprint density at radius 1 is 1.15 bits per heavy atom. The minimum absolute atomic E-state index is 0.170. The molecule has 0 aliphatic heterocycles. The predicted molar refractivity (Wildman–Crippen MR) is 109 cm³/mol. The van der Waals surface area contributed by atoms with Crippen LogP contribution in [0, 0.1) is 16.3 Å². The third-order valence-electron chi connectivity index (χ3n) is 3.91. The first-order valence-corrected chi connectivity index (χ1v) is 9.11. The average Bonchev–Trinajstić information content (AvgIpc) is 2.64. The van der Waals surface area contributed by atoms with E-state index in [1.807, 2.05) is 37.3 Å². The quantitative estimate of drug-likeness (QED) is 0.537. The normalized spacial score (nSPS) is 10.4. The number of para-hydroxylation sites is 1. The average molecular weight is 461 g/mol. The summed E-state index contributed by atoms with van der Waals surface area (Å²) >= 11 is 2.22. The Bertz CT molecular complexity index is 932. The van der Waals surface area contributed by atoms with Crippen LogP contribution in [0.5, 0.6) is 0 Å². The summed E-state index contributed by atoms with van der Waals surface area (Å²) in [4.78, 5) is 16.5. The molecule has 1 amide bonds. The van der Waals surface area contributed by atoms with Crippen LogP contribution in [0.4, 0.5) is 15.8 Å². The molecule has 0 fully saturated rings. The smallest absolute Gasteiger partial charge is 0.253 e. The molecule has 2 aromatic carbocycles. The van der Waals surface area contributed by atoms with Gasteiger partial charge in [-0.1, -0.05) is 6.07 Å². The maximum absolute atomic E-state index is 14.4. The second-order valence-electron chi connectivity index (χ2n) is 5.78. The van der Waals surface area contributed by atoms with Gasteiger partial charge in [0.05, 0.1) is 11.3 Å². The number of rotatable bonds is 5. The van der Waals surface area contributed by atoms with Crippen LogP contribution in [-0.4, -0.2) is 10.9 Å². The molecule has 0 radical (unpaired) electrons. The first kappa shape index (κ1) is 18.3. The largest absolute Gasteiger partial charge is 0.352 e.